The summed E-state index contributed by atoms with van der Waals surface area (Å²) in [6, 6.07) is 51.5. The van der Waals surface area contributed by atoms with Crippen LogP contribution in [0.2, 0.25) is 0 Å². The van der Waals surface area contributed by atoms with Crippen molar-refractivity contribution < 1.29 is 8.83 Å². The van der Waals surface area contributed by atoms with Gasteiger partial charge in [-0.1, -0.05) is 121 Å². The molecule has 0 saturated carbocycles. The smallest absolute Gasteiger partial charge is 0.164 e. The topological polar surface area (TPSA) is 65.0 Å². The number of hydrogen-bond donors (Lipinski definition) is 0. The van der Waals surface area contributed by atoms with Gasteiger partial charge in [0.1, 0.15) is 22.3 Å². The molecule has 48 heavy (non-hydrogen) atoms. The normalized spacial score (nSPS) is 11.8. The Morgan fingerprint density at radius 3 is 1.65 bits per heavy atom. The van der Waals surface area contributed by atoms with Gasteiger partial charge in [-0.2, -0.15) is 0 Å². The van der Waals surface area contributed by atoms with E-state index in [0.717, 1.165) is 82.5 Å². The maximum atomic E-state index is 6.46. The number of nitrogens with zero attached hydrogens (tertiary/aromatic N) is 3. The molecule has 0 radical (unpaired) electrons. The molecule has 0 N–H and O–H groups in total. The number of furan rings is 2. The van der Waals surface area contributed by atoms with Crippen molar-refractivity contribution in [1.82, 2.24) is 15.0 Å². The molecule has 5 heteroatoms. The molecule has 0 bridgehead atoms. The van der Waals surface area contributed by atoms with E-state index in [1.807, 2.05) is 78.9 Å². The van der Waals surface area contributed by atoms with Crippen molar-refractivity contribution in [1.29, 1.82) is 0 Å². The van der Waals surface area contributed by atoms with Crippen molar-refractivity contribution in [3.8, 4) is 45.3 Å². The molecule has 3 heterocycles. The number of rotatable bonds is 4. The lowest BCUT2D eigenvalue weighted by atomic mass is 9.96. The minimum Gasteiger partial charge on any atom is -0.456 e. The monoisotopic (exact) mass is 615 g/mol. The first kappa shape index (κ1) is 26.6. The third-order valence-electron chi connectivity index (χ3n) is 9.11. The molecule has 0 fully saturated rings. The van der Waals surface area contributed by atoms with Gasteiger partial charge in [-0.15, -0.1) is 0 Å². The van der Waals surface area contributed by atoms with Gasteiger partial charge in [-0.25, -0.2) is 15.0 Å². The summed E-state index contributed by atoms with van der Waals surface area (Å²) in [6.07, 6.45) is 0. The van der Waals surface area contributed by atoms with E-state index < -0.39 is 0 Å². The highest BCUT2D eigenvalue weighted by Gasteiger charge is 2.21. The SMILES string of the molecule is c1ccc(-c2nc(-c3cc(-c4ccccc4)c4c(c3)oc3ccccc34)nc(-c3cc4c5ccccc5oc4c4ccccc34)n2)cc1. The summed E-state index contributed by atoms with van der Waals surface area (Å²) < 4.78 is 12.9. The lowest BCUT2D eigenvalue weighted by molar-refractivity contribution is 0.669. The van der Waals surface area contributed by atoms with Gasteiger partial charge in [0.15, 0.2) is 17.5 Å². The third-order valence-corrected chi connectivity index (χ3v) is 9.11. The summed E-state index contributed by atoms with van der Waals surface area (Å²) in [5, 5.41) is 6.25. The van der Waals surface area contributed by atoms with E-state index in [2.05, 4.69) is 72.8 Å². The fraction of sp³-hybridized carbons (Fsp3) is 0. The number of fused-ring (bicyclic) bond motifs is 8. The van der Waals surface area contributed by atoms with Gasteiger partial charge in [0, 0.05) is 43.6 Å². The fourth-order valence-electron chi connectivity index (χ4n) is 6.90. The van der Waals surface area contributed by atoms with Crippen LogP contribution in [0, 0.1) is 0 Å². The van der Waals surface area contributed by atoms with Gasteiger partial charge < -0.3 is 8.83 Å². The average Bonchev–Trinajstić information content (AvgIpc) is 3.73. The Bertz CT molecular complexity index is 2840. The lowest BCUT2D eigenvalue weighted by Crippen LogP contribution is -2.01. The van der Waals surface area contributed by atoms with E-state index in [4.69, 9.17) is 23.8 Å². The largest absolute Gasteiger partial charge is 0.456 e. The zero-order valence-electron chi connectivity index (χ0n) is 25.6. The van der Waals surface area contributed by atoms with Crippen molar-refractivity contribution in [2.24, 2.45) is 0 Å². The summed E-state index contributed by atoms with van der Waals surface area (Å²) in [4.78, 5) is 15.4. The Labute approximate surface area is 274 Å². The van der Waals surface area contributed by atoms with Crippen LogP contribution in [0.1, 0.15) is 0 Å². The molecule has 10 rings (SSSR count). The second-order valence-electron chi connectivity index (χ2n) is 12.0. The van der Waals surface area contributed by atoms with E-state index in [1.54, 1.807) is 0 Å². The highest BCUT2D eigenvalue weighted by molar-refractivity contribution is 6.19. The van der Waals surface area contributed by atoms with E-state index in [-0.39, 0.29) is 0 Å². The Morgan fingerprint density at radius 2 is 0.896 bits per heavy atom. The van der Waals surface area contributed by atoms with Crippen LogP contribution in [0.4, 0.5) is 0 Å². The predicted octanol–water partition coefficient (Wildman–Crippen LogP) is 11.5. The van der Waals surface area contributed by atoms with Crippen LogP contribution in [0.5, 0.6) is 0 Å². The molecule has 0 atom stereocenters. The van der Waals surface area contributed by atoms with Crippen LogP contribution >= 0.6 is 0 Å². The summed E-state index contributed by atoms with van der Waals surface area (Å²) >= 11 is 0. The van der Waals surface area contributed by atoms with Crippen LogP contribution in [0.25, 0.3) is 99.9 Å². The number of aromatic nitrogens is 3. The molecule has 0 unspecified atom stereocenters. The molecule has 0 amide bonds. The van der Waals surface area contributed by atoms with Gasteiger partial charge in [-0.3, -0.25) is 0 Å². The number of para-hydroxylation sites is 2. The zero-order chi connectivity index (χ0) is 31.6. The van der Waals surface area contributed by atoms with Gasteiger partial charge in [0.2, 0.25) is 0 Å². The highest BCUT2D eigenvalue weighted by atomic mass is 16.3. The molecule has 3 aromatic heterocycles. The molecule has 0 aliphatic carbocycles. The van der Waals surface area contributed by atoms with Gasteiger partial charge in [-0.05, 0) is 46.8 Å². The fourth-order valence-corrected chi connectivity index (χ4v) is 6.90. The maximum absolute atomic E-state index is 6.46. The summed E-state index contributed by atoms with van der Waals surface area (Å²) in [5.74, 6) is 1.76. The molecule has 224 valence electrons. The number of hydrogen-bond acceptors (Lipinski definition) is 5. The third kappa shape index (κ3) is 4.15. The van der Waals surface area contributed by atoms with Gasteiger partial charge in [0.05, 0.1) is 0 Å². The molecule has 10 aromatic rings. The maximum Gasteiger partial charge on any atom is 0.164 e. The lowest BCUT2D eigenvalue weighted by Gasteiger charge is -2.12. The van der Waals surface area contributed by atoms with E-state index in [1.165, 1.54) is 0 Å². The minimum atomic E-state index is 0.569. The second-order valence-corrected chi connectivity index (χ2v) is 12.0. The first-order valence-electron chi connectivity index (χ1n) is 15.9. The van der Waals surface area contributed by atoms with Crippen molar-refractivity contribution >= 4 is 54.6 Å². The molecule has 0 aliphatic heterocycles. The number of benzene rings is 7. The Balaban J connectivity index is 1.28. The Kier molecular flexibility index (Phi) is 5.81. The second kappa shape index (κ2) is 10.5. The van der Waals surface area contributed by atoms with Crippen molar-refractivity contribution in [3.63, 3.8) is 0 Å². The van der Waals surface area contributed by atoms with E-state index in [9.17, 15) is 0 Å². The van der Waals surface area contributed by atoms with Crippen LogP contribution in [0.3, 0.4) is 0 Å². The first-order valence-corrected chi connectivity index (χ1v) is 15.9. The molecule has 0 aliphatic rings. The van der Waals surface area contributed by atoms with Crippen LogP contribution < -0.4 is 0 Å². The summed E-state index contributed by atoms with van der Waals surface area (Å²) in [6.45, 7) is 0. The summed E-state index contributed by atoms with van der Waals surface area (Å²) in [7, 11) is 0. The summed E-state index contributed by atoms with van der Waals surface area (Å²) in [5.41, 5.74) is 8.17. The molecule has 7 aromatic carbocycles. The molecule has 5 nitrogen and oxygen atoms in total. The van der Waals surface area contributed by atoms with Gasteiger partial charge >= 0.3 is 0 Å². The van der Waals surface area contributed by atoms with E-state index in [0.29, 0.717) is 17.5 Å². The van der Waals surface area contributed by atoms with Gasteiger partial charge in [0.25, 0.3) is 0 Å². The molecule has 0 saturated heterocycles. The molecular weight excluding hydrogens is 590 g/mol. The van der Waals surface area contributed by atoms with Crippen LogP contribution in [-0.2, 0) is 0 Å². The van der Waals surface area contributed by atoms with Crippen LogP contribution in [0.15, 0.2) is 160 Å². The average molecular weight is 616 g/mol. The van der Waals surface area contributed by atoms with Crippen molar-refractivity contribution in [2.45, 2.75) is 0 Å². The Hall–Kier alpha value is -6.59. The predicted molar refractivity (Wildman–Crippen MR) is 194 cm³/mol. The van der Waals surface area contributed by atoms with Crippen molar-refractivity contribution in [3.05, 3.63) is 152 Å². The zero-order valence-corrected chi connectivity index (χ0v) is 25.6. The van der Waals surface area contributed by atoms with Crippen molar-refractivity contribution in [2.75, 3.05) is 0 Å². The molecule has 0 spiro atoms. The molecular formula is C43H25N3O2. The van der Waals surface area contributed by atoms with Crippen LogP contribution in [-0.4, -0.2) is 15.0 Å². The quantitative estimate of drug-likeness (QED) is 0.197. The minimum absolute atomic E-state index is 0.569. The Morgan fingerprint density at radius 1 is 0.333 bits per heavy atom. The van der Waals surface area contributed by atoms with E-state index >= 15 is 0 Å². The first-order chi connectivity index (χ1) is 23.8. The highest BCUT2D eigenvalue weighted by Crippen LogP contribution is 2.42. The standard InChI is InChI=1S/C43H25N3O2/c1-3-13-26(14-4-1)33-23-28(24-38-39(33)32-20-10-12-22-37(32)47-38)42-44-41(27-15-5-2-6-16-27)45-43(46-42)35-25-34-30-18-9-11-21-36(30)48-40(34)31-19-8-7-17-29(31)35/h1-25H.